The predicted molar refractivity (Wildman–Crippen MR) is 101 cm³/mol. The standard InChI is InChI=1S/C21H23NO5/c1-16(23)22-13-5-6-17-9-11-18(12-10-17)20(24)14-27-21(25)15-26-19-7-3-2-4-8-19/h2-4,7-12H,5-6,13-15H2,1H3,(H,22,23). The zero-order valence-electron chi connectivity index (χ0n) is 15.3. The lowest BCUT2D eigenvalue weighted by atomic mass is 10.1. The largest absolute Gasteiger partial charge is 0.482 e. The van der Waals surface area contributed by atoms with Crippen molar-refractivity contribution in [2.75, 3.05) is 19.8 Å². The molecule has 1 N–H and O–H groups in total. The molecule has 2 aromatic rings. The molecule has 0 aliphatic carbocycles. The number of esters is 1. The van der Waals surface area contributed by atoms with Crippen LogP contribution in [0.15, 0.2) is 54.6 Å². The van der Waals surface area contributed by atoms with E-state index in [4.69, 9.17) is 9.47 Å². The number of rotatable bonds is 10. The van der Waals surface area contributed by atoms with Gasteiger partial charge in [-0.05, 0) is 30.5 Å². The van der Waals surface area contributed by atoms with Crippen LogP contribution in [0.3, 0.4) is 0 Å². The second-order valence-electron chi connectivity index (χ2n) is 5.97. The number of ketones is 1. The maximum Gasteiger partial charge on any atom is 0.344 e. The maximum atomic E-state index is 12.1. The predicted octanol–water partition coefficient (Wildman–Crippen LogP) is 2.56. The quantitative estimate of drug-likeness (QED) is 0.395. The molecule has 0 unspecified atom stereocenters. The number of amides is 1. The number of Topliss-reactive ketones (excluding diaryl/α,β-unsaturated/α-hetero) is 1. The van der Waals surface area contributed by atoms with Crippen LogP contribution in [0.5, 0.6) is 5.75 Å². The molecule has 0 spiro atoms. The highest BCUT2D eigenvalue weighted by Gasteiger charge is 2.10. The molecule has 27 heavy (non-hydrogen) atoms. The van der Waals surface area contributed by atoms with E-state index in [1.165, 1.54) is 6.92 Å². The van der Waals surface area contributed by atoms with Crippen LogP contribution < -0.4 is 10.1 Å². The highest BCUT2D eigenvalue weighted by Crippen LogP contribution is 2.09. The van der Waals surface area contributed by atoms with Crippen LogP contribution in [0.2, 0.25) is 0 Å². The zero-order valence-corrected chi connectivity index (χ0v) is 15.3. The van der Waals surface area contributed by atoms with E-state index in [0.717, 1.165) is 18.4 Å². The number of carbonyl (C=O) groups excluding carboxylic acids is 3. The van der Waals surface area contributed by atoms with Crippen molar-refractivity contribution in [3.8, 4) is 5.75 Å². The molecule has 2 rings (SSSR count). The maximum absolute atomic E-state index is 12.1. The van der Waals surface area contributed by atoms with Crippen LogP contribution in [-0.4, -0.2) is 37.4 Å². The molecular formula is C21H23NO5. The molecule has 0 atom stereocenters. The molecule has 0 saturated carbocycles. The van der Waals surface area contributed by atoms with Crippen LogP contribution in [0.4, 0.5) is 0 Å². The summed E-state index contributed by atoms with van der Waals surface area (Å²) in [5, 5.41) is 2.74. The smallest absolute Gasteiger partial charge is 0.344 e. The molecule has 6 nitrogen and oxygen atoms in total. The topological polar surface area (TPSA) is 81.7 Å². The summed E-state index contributed by atoms with van der Waals surface area (Å²) < 4.78 is 10.2. The van der Waals surface area contributed by atoms with E-state index < -0.39 is 5.97 Å². The molecule has 2 aromatic carbocycles. The molecular weight excluding hydrogens is 346 g/mol. The number of ether oxygens (including phenoxy) is 2. The Bertz CT molecular complexity index is 756. The molecule has 0 radical (unpaired) electrons. The van der Waals surface area contributed by atoms with Gasteiger partial charge in [0, 0.05) is 19.0 Å². The van der Waals surface area contributed by atoms with Gasteiger partial charge in [0.15, 0.2) is 19.0 Å². The molecule has 0 fully saturated rings. The van der Waals surface area contributed by atoms with Crippen molar-refractivity contribution in [2.45, 2.75) is 19.8 Å². The van der Waals surface area contributed by atoms with Gasteiger partial charge in [0.05, 0.1) is 0 Å². The van der Waals surface area contributed by atoms with Gasteiger partial charge in [0.1, 0.15) is 5.75 Å². The Morgan fingerprint density at radius 1 is 0.926 bits per heavy atom. The van der Waals surface area contributed by atoms with Gasteiger partial charge >= 0.3 is 5.97 Å². The van der Waals surface area contributed by atoms with Crippen molar-refractivity contribution >= 4 is 17.7 Å². The third-order valence-corrected chi connectivity index (χ3v) is 3.76. The summed E-state index contributed by atoms with van der Waals surface area (Å²) in [7, 11) is 0. The molecule has 0 heterocycles. The Morgan fingerprint density at radius 3 is 2.30 bits per heavy atom. The summed E-state index contributed by atoms with van der Waals surface area (Å²) in [5.41, 5.74) is 1.56. The monoisotopic (exact) mass is 369 g/mol. The Balaban J connectivity index is 1.70. The summed E-state index contributed by atoms with van der Waals surface area (Å²) in [5.74, 6) is -0.343. The zero-order chi connectivity index (χ0) is 19.5. The van der Waals surface area contributed by atoms with Crippen LogP contribution in [-0.2, 0) is 20.7 Å². The highest BCUT2D eigenvalue weighted by atomic mass is 16.6. The minimum absolute atomic E-state index is 0.0420. The third kappa shape index (κ3) is 7.73. The van der Waals surface area contributed by atoms with Crippen molar-refractivity contribution in [3.05, 3.63) is 65.7 Å². The number of aryl methyl sites for hydroxylation is 1. The lowest BCUT2D eigenvalue weighted by Crippen LogP contribution is -2.21. The van der Waals surface area contributed by atoms with E-state index in [1.54, 1.807) is 36.4 Å². The number of hydrogen-bond donors (Lipinski definition) is 1. The van der Waals surface area contributed by atoms with E-state index in [9.17, 15) is 14.4 Å². The fraction of sp³-hybridized carbons (Fsp3) is 0.286. The van der Waals surface area contributed by atoms with Crippen LogP contribution in [0, 0.1) is 0 Å². The van der Waals surface area contributed by atoms with Crippen molar-refractivity contribution in [2.24, 2.45) is 0 Å². The van der Waals surface area contributed by atoms with Gasteiger partial charge in [-0.15, -0.1) is 0 Å². The summed E-state index contributed by atoms with van der Waals surface area (Å²) in [4.78, 5) is 34.6. The second kappa shape index (κ2) is 10.8. The third-order valence-electron chi connectivity index (χ3n) is 3.76. The normalized spacial score (nSPS) is 10.1. The Labute approximate surface area is 158 Å². The number of carbonyl (C=O) groups is 3. The van der Waals surface area contributed by atoms with Crippen molar-refractivity contribution < 1.29 is 23.9 Å². The van der Waals surface area contributed by atoms with Crippen LogP contribution in [0.25, 0.3) is 0 Å². The van der Waals surface area contributed by atoms with Gasteiger partial charge in [0.25, 0.3) is 0 Å². The highest BCUT2D eigenvalue weighted by molar-refractivity contribution is 5.98. The number of benzene rings is 2. The fourth-order valence-corrected chi connectivity index (χ4v) is 2.34. The lowest BCUT2D eigenvalue weighted by molar-refractivity contribution is -0.144. The van der Waals surface area contributed by atoms with E-state index in [1.807, 2.05) is 18.2 Å². The molecule has 0 aliphatic heterocycles. The summed E-state index contributed by atoms with van der Waals surface area (Å²) >= 11 is 0. The van der Waals surface area contributed by atoms with Gasteiger partial charge < -0.3 is 14.8 Å². The van der Waals surface area contributed by atoms with Crippen molar-refractivity contribution in [1.82, 2.24) is 5.32 Å². The first-order valence-electron chi connectivity index (χ1n) is 8.74. The Hall–Kier alpha value is -3.15. The molecule has 6 heteroatoms. The average Bonchev–Trinajstić information content (AvgIpc) is 2.69. The van der Waals surface area contributed by atoms with E-state index in [0.29, 0.717) is 17.9 Å². The molecule has 1 amide bonds. The first-order valence-corrected chi connectivity index (χ1v) is 8.74. The first-order chi connectivity index (χ1) is 13.0. The number of para-hydroxylation sites is 1. The molecule has 0 saturated heterocycles. The first kappa shape index (κ1) is 20.2. The SMILES string of the molecule is CC(=O)NCCCc1ccc(C(=O)COC(=O)COc2ccccc2)cc1. The summed E-state index contributed by atoms with van der Waals surface area (Å²) in [6.45, 7) is 1.54. The molecule has 0 bridgehead atoms. The Kier molecular flexibility index (Phi) is 8.03. The lowest BCUT2D eigenvalue weighted by Gasteiger charge is -2.07. The fourth-order valence-electron chi connectivity index (χ4n) is 2.34. The minimum Gasteiger partial charge on any atom is -0.482 e. The molecule has 0 aliphatic rings. The number of nitrogens with one attached hydrogen (secondary N) is 1. The van der Waals surface area contributed by atoms with Crippen molar-refractivity contribution in [1.29, 1.82) is 0 Å². The van der Waals surface area contributed by atoms with Gasteiger partial charge in [-0.3, -0.25) is 9.59 Å². The molecule has 142 valence electrons. The second-order valence-corrected chi connectivity index (χ2v) is 5.97. The molecule has 0 aromatic heterocycles. The Morgan fingerprint density at radius 2 is 1.63 bits per heavy atom. The van der Waals surface area contributed by atoms with Crippen molar-refractivity contribution in [3.63, 3.8) is 0 Å². The van der Waals surface area contributed by atoms with Gasteiger partial charge in [-0.1, -0.05) is 42.5 Å². The van der Waals surface area contributed by atoms with Gasteiger partial charge in [0.2, 0.25) is 5.91 Å². The average molecular weight is 369 g/mol. The van der Waals surface area contributed by atoms with Crippen LogP contribution in [0.1, 0.15) is 29.3 Å². The van der Waals surface area contributed by atoms with Crippen LogP contribution >= 0.6 is 0 Å². The summed E-state index contributed by atoms with van der Waals surface area (Å²) in [6.07, 6.45) is 1.63. The van der Waals surface area contributed by atoms with E-state index in [-0.39, 0.29) is 24.9 Å². The number of hydrogen-bond acceptors (Lipinski definition) is 5. The van der Waals surface area contributed by atoms with E-state index >= 15 is 0 Å². The minimum atomic E-state index is -0.596. The van der Waals surface area contributed by atoms with E-state index in [2.05, 4.69) is 5.32 Å². The van der Waals surface area contributed by atoms with Gasteiger partial charge in [-0.2, -0.15) is 0 Å². The summed E-state index contributed by atoms with van der Waals surface area (Å²) in [6, 6.07) is 16.1. The van der Waals surface area contributed by atoms with Gasteiger partial charge in [-0.25, -0.2) is 4.79 Å².